The monoisotopic (exact) mass is 354 g/mol. The maximum Gasteiger partial charge on any atom is 0.260 e. The van der Waals surface area contributed by atoms with Gasteiger partial charge in [-0.1, -0.05) is 5.16 Å². The van der Waals surface area contributed by atoms with E-state index in [-0.39, 0.29) is 23.8 Å². The van der Waals surface area contributed by atoms with E-state index in [4.69, 9.17) is 10.3 Å². The van der Waals surface area contributed by atoms with Crippen LogP contribution in [0.1, 0.15) is 35.4 Å². The Morgan fingerprint density at radius 1 is 1.12 bits per heavy atom. The smallest absolute Gasteiger partial charge is 0.260 e. The second kappa shape index (κ2) is 6.57. The fourth-order valence-corrected chi connectivity index (χ4v) is 4.30. The number of hydrogen-bond donors (Lipinski definition) is 3. The highest BCUT2D eigenvalue weighted by Gasteiger charge is 2.49. The van der Waals surface area contributed by atoms with Gasteiger partial charge in [-0.15, -0.1) is 0 Å². The van der Waals surface area contributed by atoms with Crippen LogP contribution < -0.4 is 16.4 Å². The predicted octanol–water partition coefficient (Wildman–Crippen LogP) is 2.55. The minimum absolute atomic E-state index is 0.00146. The van der Waals surface area contributed by atoms with Gasteiger partial charge < -0.3 is 20.9 Å². The average Bonchev–Trinajstić information content (AvgIpc) is 3.32. The number of fused-ring (bicyclic) bond motifs is 2. The molecule has 2 aliphatic carbocycles. The van der Waals surface area contributed by atoms with Gasteiger partial charge in [0.15, 0.2) is 0 Å². The molecule has 7 nitrogen and oxygen atoms in total. The first kappa shape index (κ1) is 16.8. The van der Waals surface area contributed by atoms with Crippen molar-refractivity contribution in [2.24, 2.45) is 23.5 Å². The summed E-state index contributed by atoms with van der Waals surface area (Å²) < 4.78 is 4.90. The fraction of sp³-hybridized carbons (Fsp3) is 0.421. The third-order valence-electron chi connectivity index (χ3n) is 5.69. The van der Waals surface area contributed by atoms with E-state index in [1.807, 2.05) is 0 Å². The van der Waals surface area contributed by atoms with Crippen LogP contribution in [0.4, 0.5) is 11.4 Å². The summed E-state index contributed by atoms with van der Waals surface area (Å²) in [5, 5.41) is 9.34. The van der Waals surface area contributed by atoms with Crippen molar-refractivity contribution in [2.75, 3.05) is 10.6 Å². The number of aromatic nitrogens is 1. The average molecular weight is 354 g/mol. The summed E-state index contributed by atoms with van der Waals surface area (Å²) in [6.45, 7) is 1.68. The first-order chi connectivity index (χ1) is 12.5. The predicted molar refractivity (Wildman–Crippen MR) is 96.6 cm³/mol. The minimum atomic E-state index is -0.284. The summed E-state index contributed by atoms with van der Waals surface area (Å²) in [6, 6.07) is 7.01. The van der Waals surface area contributed by atoms with Crippen LogP contribution in [-0.4, -0.2) is 23.0 Å². The van der Waals surface area contributed by atoms with Gasteiger partial charge in [0.25, 0.3) is 5.91 Å². The summed E-state index contributed by atoms with van der Waals surface area (Å²) in [5.41, 5.74) is 7.96. The van der Waals surface area contributed by atoms with Crippen molar-refractivity contribution >= 4 is 23.2 Å². The number of carbonyl (C=O) groups excluding carboxylic acids is 2. The molecule has 2 aromatic rings. The third-order valence-corrected chi connectivity index (χ3v) is 5.69. The molecule has 4 rings (SSSR count). The van der Waals surface area contributed by atoms with Crippen molar-refractivity contribution in [3.63, 3.8) is 0 Å². The molecular weight excluding hydrogens is 332 g/mol. The Labute approximate surface area is 151 Å². The molecule has 136 valence electrons. The summed E-state index contributed by atoms with van der Waals surface area (Å²) in [4.78, 5) is 24.7. The number of anilines is 2. The van der Waals surface area contributed by atoms with Crippen LogP contribution in [0.3, 0.4) is 0 Å². The zero-order chi connectivity index (χ0) is 18.3. The van der Waals surface area contributed by atoms with Gasteiger partial charge in [-0.2, -0.15) is 0 Å². The lowest BCUT2D eigenvalue weighted by Gasteiger charge is -2.27. The zero-order valence-corrected chi connectivity index (χ0v) is 14.6. The molecule has 4 N–H and O–H groups in total. The number of aryl methyl sites for hydroxylation is 1. The molecule has 7 heteroatoms. The van der Waals surface area contributed by atoms with Crippen molar-refractivity contribution in [2.45, 2.75) is 32.2 Å². The van der Waals surface area contributed by atoms with Crippen LogP contribution in [0.5, 0.6) is 0 Å². The topological polar surface area (TPSA) is 110 Å². The van der Waals surface area contributed by atoms with E-state index in [9.17, 15) is 9.59 Å². The van der Waals surface area contributed by atoms with E-state index < -0.39 is 0 Å². The number of nitrogens with two attached hydrogens (primary N) is 1. The van der Waals surface area contributed by atoms with E-state index in [1.54, 1.807) is 31.2 Å². The van der Waals surface area contributed by atoms with E-state index >= 15 is 0 Å². The minimum Gasteiger partial charge on any atom is -0.361 e. The van der Waals surface area contributed by atoms with Gasteiger partial charge in [0.2, 0.25) is 5.91 Å². The van der Waals surface area contributed by atoms with Gasteiger partial charge in [0, 0.05) is 17.4 Å². The lowest BCUT2D eigenvalue weighted by molar-refractivity contribution is -0.121. The molecule has 4 atom stereocenters. The fourth-order valence-electron chi connectivity index (χ4n) is 4.30. The summed E-state index contributed by atoms with van der Waals surface area (Å²) in [6.07, 6.45) is 4.71. The lowest BCUT2D eigenvalue weighted by atomic mass is 9.84. The summed E-state index contributed by atoms with van der Waals surface area (Å²) >= 11 is 0. The molecule has 2 saturated carbocycles. The molecule has 1 aromatic heterocycles. The number of hydrogen-bond acceptors (Lipinski definition) is 5. The second-order valence-electron chi connectivity index (χ2n) is 7.25. The molecule has 2 bridgehead atoms. The number of nitrogens with zero attached hydrogens (tertiary/aromatic N) is 1. The number of rotatable bonds is 4. The van der Waals surface area contributed by atoms with Crippen LogP contribution >= 0.6 is 0 Å². The second-order valence-corrected chi connectivity index (χ2v) is 7.25. The maximum absolute atomic E-state index is 12.6. The number of benzene rings is 1. The summed E-state index contributed by atoms with van der Waals surface area (Å²) in [5.74, 6) is 1.00. The van der Waals surface area contributed by atoms with Crippen molar-refractivity contribution in [1.82, 2.24) is 5.16 Å². The van der Waals surface area contributed by atoms with Crippen LogP contribution in [0, 0.1) is 24.7 Å². The largest absolute Gasteiger partial charge is 0.361 e. The Bertz CT molecular complexity index is 828. The molecular formula is C19H22N4O3. The molecule has 4 unspecified atom stereocenters. The molecule has 2 fully saturated rings. The number of nitrogens with one attached hydrogen (secondary N) is 2. The van der Waals surface area contributed by atoms with E-state index in [2.05, 4.69) is 15.8 Å². The van der Waals surface area contributed by atoms with Crippen molar-refractivity contribution in [3.8, 4) is 0 Å². The van der Waals surface area contributed by atoms with Gasteiger partial charge in [-0.3, -0.25) is 9.59 Å². The maximum atomic E-state index is 12.6. The van der Waals surface area contributed by atoms with Crippen molar-refractivity contribution < 1.29 is 14.1 Å². The van der Waals surface area contributed by atoms with Gasteiger partial charge in [-0.25, -0.2) is 0 Å². The van der Waals surface area contributed by atoms with Gasteiger partial charge >= 0.3 is 0 Å². The molecule has 26 heavy (non-hydrogen) atoms. The SMILES string of the molecule is Cc1oncc1C(=O)Nc1ccc(NC(=O)C2C3CCC(C3)C2N)cc1. The highest BCUT2D eigenvalue weighted by Crippen LogP contribution is 2.47. The molecule has 0 spiro atoms. The highest BCUT2D eigenvalue weighted by molar-refractivity contribution is 6.04. The Morgan fingerprint density at radius 2 is 1.77 bits per heavy atom. The molecule has 0 aliphatic heterocycles. The van der Waals surface area contributed by atoms with Gasteiger partial charge in [0.05, 0.1) is 12.1 Å². The standard InChI is InChI=1S/C19H22N4O3/c1-10-15(9-21-26-10)18(24)22-13-4-6-14(7-5-13)23-19(25)16-11-2-3-12(8-11)17(16)20/h4-7,9,11-12,16-17H,2-3,8,20H2,1H3,(H,22,24)(H,23,25). The first-order valence-corrected chi connectivity index (χ1v) is 8.92. The Kier molecular flexibility index (Phi) is 4.24. The van der Waals surface area contributed by atoms with Gasteiger partial charge in [-0.05, 0) is 62.3 Å². The zero-order valence-electron chi connectivity index (χ0n) is 14.6. The van der Waals surface area contributed by atoms with Gasteiger partial charge in [0.1, 0.15) is 11.3 Å². The molecule has 2 aliphatic rings. The normalized spacial score (nSPS) is 26.7. The molecule has 0 radical (unpaired) electrons. The summed E-state index contributed by atoms with van der Waals surface area (Å²) in [7, 11) is 0. The van der Waals surface area contributed by atoms with E-state index in [0.29, 0.717) is 34.5 Å². The van der Waals surface area contributed by atoms with E-state index in [0.717, 1.165) is 19.3 Å². The van der Waals surface area contributed by atoms with E-state index in [1.165, 1.54) is 6.20 Å². The Morgan fingerprint density at radius 3 is 2.35 bits per heavy atom. The van der Waals surface area contributed by atoms with Crippen LogP contribution in [0.25, 0.3) is 0 Å². The molecule has 2 amide bonds. The number of amides is 2. The molecule has 1 aromatic carbocycles. The Hall–Kier alpha value is -2.67. The van der Waals surface area contributed by atoms with Crippen LogP contribution in [0.15, 0.2) is 35.0 Å². The quantitative estimate of drug-likeness (QED) is 0.781. The van der Waals surface area contributed by atoms with Crippen molar-refractivity contribution in [3.05, 3.63) is 41.8 Å². The van der Waals surface area contributed by atoms with Crippen molar-refractivity contribution in [1.29, 1.82) is 0 Å². The lowest BCUT2D eigenvalue weighted by Crippen LogP contribution is -2.42. The molecule has 1 heterocycles. The van der Waals surface area contributed by atoms with Crippen LogP contribution in [0.2, 0.25) is 0 Å². The number of carbonyl (C=O) groups is 2. The Balaban J connectivity index is 1.38. The van der Waals surface area contributed by atoms with Crippen LogP contribution in [-0.2, 0) is 4.79 Å². The first-order valence-electron chi connectivity index (χ1n) is 8.92. The molecule has 0 saturated heterocycles. The highest BCUT2D eigenvalue weighted by atomic mass is 16.5. The third kappa shape index (κ3) is 2.99.